The minimum absolute atomic E-state index is 0.143. The first-order valence-electron chi connectivity index (χ1n) is 8.99. The molecule has 0 saturated carbocycles. The van der Waals surface area contributed by atoms with E-state index in [9.17, 15) is 9.59 Å². The second-order valence-corrected chi connectivity index (χ2v) is 6.32. The molecule has 0 N–H and O–H groups in total. The van der Waals surface area contributed by atoms with Crippen LogP contribution in [0.15, 0.2) is 83.7 Å². The lowest BCUT2D eigenvalue weighted by atomic mass is 10.1. The molecule has 4 rings (SSSR count). The fraction of sp³-hybridized carbons (Fsp3) is 0.0870. The first kappa shape index (κ1) is 17.7. The summed E-state index contributed by atoms with van der Waals surface area (Å²) in [6, 6.07) is 24.2. The van der Waals surface area contributed by atoms with Crippen LogP contribution in [0.2, 0.25) is 0 Å². The third-order valence-corrected chi connectivity index (χ3v) is 4.50. The van der Waals surface area contributed by atoms with Crippen LogP contribution < -0.4 is 10.3 Å². The predicted molar refractivity (Wildman–Crippen MR) is 109 cm³/mol. The van der Waals surface area contributed by atoms with Gasteiger partial charge in [-0.25, -0.2) is 4.68 Å². The van der Waals surface area contributed by atoms with Crippen LogP contribution in [0.5, 0.6) is 5.75 Å². The molecule has 0 atom stereocenters. The van der Waals surface area contributed by atoms with Crippen molar-refractivity contribution in [2.45, 2.75) is 6.54 Å². The van der Waals surface area contributed by atoms with Gasteiger partial charge in [0.1, 0.15) is 18.6 Å². The zero-order valence-electron chi connectivity index (χ0n) is 15.1. The molecule has 0 aliphatic carbocycles. The Kier molecular flexibility index (Phi) is 4.97. The van der Waals surface area contributed by atoms with Crippen LogP contribution >= 0.6 is 0 Å². The third kappa shape index (κ3) is 3.55. The maximum atomic E-state index is 12.8. The minimum atomic E-state index is -0.143. The second-order valence-electron chi connectivity index (χ2n) is 6.32. The molecule has 3 aromatic carbocycles. The van der Waals surface area contributed by atoms with Crippen LogP contribution in [0.3, 0.4) is 0 Å². The Balaban J connectivity index is 1.64. The van der Waals surface area contributed by atoms with Gasteiger partial charge in [0.05, 0.1) is 17.6 Å². The summed E-state index contributed by atoms with van der Waals surface area (Å²) >= 11 is 0. The number of aldehydes is 1. The van der Waals surface area contributed by atoms with Gasteiger partial charge in [-0.15, -0.1) is 0 Å². The summed E-state index contributed by atoms with van der Waals surface area (Å²) in [5.74, 6) is 0.641. The highest BCUT2D eigenvalue weighted by atomic mass is 16.5. The quantitative estimate of drug-likeness (QED) is 0.482. The molecule has 5 nitrogen and oxygen atoms in total. The van der Waals surface area contributed by atoms with Gasteiger partial charge in [-0.2, -0.15) is 5.10 Å². The van der Waals surface area contributed by atoms with Gasteiger partial charge in [-0.1, -0.05) is 48.5 Å². The van der Waals surface area contributed by atoms with Gasteiger partial charge in [0.15, 0.2) is 0 Å². The van der Waals surface area contributed by atoms with Crippen LogP contribution in [-0.2, 0) is 6.54 Å². The van der Waals surface area contributed by atoms with Gasteiger partial charge in [0.2, 0.25) is 0 Å². The standard InChI is InChI=1S/C23H18N2O3/c26-16-17-10-12-19(13-11-17)28-15-14-25-23(27)21-9-5-4-8-20(21)22(24-25)18-6-2-1-3-7-18/h1-13,16H,14-15H2. The minimum Gasteiger partial charge on any atom is -0.492 e. The van der Waals surface area contributed by atoms with E-state index in [1.54, 1.807) is 24.3 Å². The molecule has 0 saturated heterocycles. The second kappa shape index (κ2) is 7.88. The Bertz CT molecular complexity index is 1170. The normalized spacial score (nSPS) is 10.7. The summed E-state index contributed by atoms with van der Waals surface area (Å²) in [5.41, 5.74) is 2.17. The number of benzene rings is 3. The molecule has 1 aromatic heterocycles. The van der Waals surface area contributed by atoms with E-state index in [1.165, 1.54) is 4.68 Å². The molecule has 0 spiro atoms. The van der Waals surface area contributed by atoms with Crippen molar-refractivity contribution in [1.29, 1.82) is 0 Å². The van der Waals surface area contributed by atoms with Crippen molar-refractivity contribution in [2.75, 3.05) is 6.61 Å². The van der Waals surface area contributed by atoms with Crippen LogP contribution in [0, 0.1) is 0 Å². The van der Waals surface area contributed by atoms with E-state index in [0.717, 1.165) is 22.9 Å². The first-order valence-corrected chi connectivity index (χ1v) is 8.99. The van der Waals surface area contributed by atoms with Gasteiger partial charge in [-0.3, -0.25) is 9.59 Å². The molecule has 5 heteroatoms. The summed E-state index contributed by atoms with van der Waals surface area (Å²) in [7, 11) is 0. The molecular weight excluding hydrogens is 352 g/mol. The molecule has 0 radical (unpaired) electrons. The summed E-state index contributed by atoms with van der Waals surface area (Å²) < 4.78 is 7.16. The highest BCUT2D eigenvalue weighted by molar-refractivity contribution is 5.93. The Labute approximate surface area is 161 Å². The SMILES string of the molecule is O=Cc1ccc(OCCn2nc(-c3ccccc3)c3ccccc3c2=O)cc1. The molecule has 0 amide bonds. The summed E-state index contributed by atoms with van der Waals surface area (Å²) in [4.78, 5) is 23.6. The smallest absolute Gasteiger partial charge is 0.274 e. The van der Waals surface area contributed by atoms with Gasteiger partial charge < -0.3 is 4.74 Å². The number of nitrogens with zero attached hydrogens (tertiary/aromatic N) is 2. The number of rotatable bonds is 6. The van der Waals surface area contributed by atoms with E-state index in [0.29, 0.717) is 29.9 Å². The molecule has 0 unspecified atom stereocenters. The Morgan fingerprint density at radius 1 is 0.857 bits per heavy atom. The van der Waals surface area contributed by atoms with Gasteiger partial charge in [0.25, 0.3) is 5.56 Å². The lowest BCUT2D eigenvalue weighted by Crippen LogP contribution is -2.26. The van der Waals surface area contributed by atoms with Crippen LogP contribution in [0.1, 0.15) is 10.4 Å². The van der Waals surface area contributed by atoms with Crippen LogP contribution in [0.4, 0.5) is 0 Å². The van der Waals surface area contributed by atoms with Crippen molar-refractivity contribution in [3.63, 3.8) is 0 Å². The van der Waals surface area contributed by atoms with Crippen molar-refractivity contribution < 1.29 is 9.53 Å². The maximum absolute atomic E-state index is 12.8. The molecule has 4 aromatic rings. The summed E-state index contributed by atoms with van der Waals surface area (Å²) in [6.45, 7) is 0.610. The van der Waals surface area contributed by atoms with E-state index in [4.69, 9.17) is 4.74 Å². The summed E-state index contributed by atoms with van der Waals surface area (Å²) in [6.07, 6.45) is 0.785. The van der Waals surface area contributed by atoms with Gasteiger partial charge in [0, 0.05) is 16.5 Å². The van der Waals surface area contributed by atoms with Gasteiger partial charge in [-0.05, 0) is 30.3 Å². The van der Waals surface area contributed by atoms with Crippen molar-refractivity contribution in [3.05, 3.63) is 94.8 Å². The number of carbonyl (C=O) groups excluding carboxylic acids is 1. The van der Waals surface area contributed by atoms with E-state index in [2.05, 4.69) is 5.10 Å². The van der Waals surface area contributed by atoms with E-state index < -0.39 is 0 Å². The Hall–Kier alpha value is -3.73. The van der Waals surface area contributed by atoms with Crippen molar-refractivity contribution in [1.82, 2.24) is 9.78 Å². The lowest BCUT2D eigenvalue weighted by molar-refractivity contribution is 0.112. The number of fused-ring (bicyclic) bond motifs is 1. The fourth-order valence-electron chi connectivity index (χ4n) is 3.09. The molecule has 0 aliphatic heterocycles. The molecule has 1 heterocycles. The van der Waals surface area contributed by atoms with Crippen LogP contribution in [0.25, 0.3) is 22.0 Å². The maximum Gasteiger partial charge on any atom is 0.274 e. The predicted octanol–water partition coefficient (Wildman–Crippen LogP) is 3.96. The molecule has 138 valence electrons. The van der Waals surface area contributed by atoms with E-state index >= 15 is 0 Å². The zero-order valence-corrected chi connectivity index (χ0v) is 15.1. The first-order chi connectivity index (χ1) is 13.8. The Morgan fingerprint density at radius 3 is 2.25 bits per heavy atom. The van der Waals surface area contributed by atoms with E-state index in [-0.39, 0.29) is 5.56 Å². The average Bonchev–Trinajstić information content (AvgIpc) is 2.76. The molecular formula is C23H18N2O3. The third-order valence-electron chi connectivity index (χ3n) is 4.50. The topological polar surface area (TPSA) is 61.2 Å². The van der Waals surface area contributed by atoms with Crippen molar-refractivity contribution in [2.24, 2.45) is 0 Å². The molecule has 0 aliphatic rings. The number of ether oxygens (including phenoxy) is 1. The molecule has 0 fully saturated rings. The Morgan fingerprint density at radius 2 is 1.54 bits per heavy atom. The fourth-order valence-corrected chi connectivity index (χ4v) is 3.09. The highest BCUT2D eigenvalue weighted by Crippen LogP contribution is 2.24. The highest BCUT2D eigenvalue weighted by Gasteiger charge is 2.11. The van der Waals surface area contributed by atoms with Crippen molar-refractivity contribution >= 4 is 17.1 Å². The van der Waals surface area contributed by atoms with Crippen molar-refractivity contribution in [3.8, 4) is 17.0 Å². The van der Waals surface area contributed by atoms with E-state index in [1.807, 2.05) is 54.6 Å². The monoisotopic (exact) mass is 370 g/mol. The number of aromatic nitrogens is 2. The largest absolute Gasteiger partial charge is 0.492 e. The molecule has 0 bridgehead atoms. The number of carbonyl (C=O) groups is 1. The average molecular weight is 370 g/mol. The summed E-state index contributed by atoms with van der Waals surface area (Å²) in [5, 5.41) is 6.07. The van der Waals surface area contributed by atoms with Gasteiger partial charge >= 0.3 is 0 Å². The zero-order chi connectivity index (χ0) is 19.3. The van der Waals surface area contributed by atoms with Crippen LogP contribution in [-0.4, -0.2) is 22.7 Å². The number of hydrogen-bond acceptors (Lipinski definition) is 4. The lowest BCUT2D eigenvalue weighted by Gasteiger charge is -2.12. The number of hydrogen-bond donors (Lipinski definition) is 0. The molecule has 28 heavy (non-hydrogen) atoms.